The molecule has 0 unspecified atom stereocenters. The van der Waals surface area contributed by atoms with E-state index in [0.717, 1.165) is 0 Å². The molecule has 208 valence electrons. The molecule has 2 aromatic carbocycles. The number of carbonyl (C=O) groups excluding carboxylic acids is 3. The molecule has 4 atom stereocenters. The van der Waals surface area contributed by atoms with E-state index in [2.05, 4.69) is 5.92 Å². The molecule has 1 fully saturated rings. The number of hydrogen-bond acceptors (Lipinski definition) is 7. The Labute approximate surface area is 243 Å². The monoisotopic (exact) mass is 608 g/mol. The molecule has 0 bridgehead atoms. The minimum Gasteiger partial charge on any atom is -1.00 e. The molecule has 4 rings (SSSR count). The maximum atomic E-state index is 13.1. The van der Waals surface area contributed by atoms with E-state index in [9.17, 15) is 14.4 Å². The van der Waals surface area contributed by atoms with Crippen molar-refractivity contribution in [2.75, 3.05) is 13.2 Å². The first-order valence-electron chi connectivity index (χ1n) is 12.5. The number of ether oxygens (including phenoxy) is 4. The van der Waals surface area contributed by atoms with Crippen molar-refractivity contribution in [3.8, 4) is 12.3 Å². The summed E-state index contributed by atoms with van der Waals surface area (Å²) in [4.78, 5) is 37.6. The maximum Gasteiger partial charge on any atom is 0.338 e. The Balaban J connectivity index is 0.00000441. The number of unbranched alkanes of at least 4 members (excludes halogenated alkanes) is 1. The highest BCUT2D eigenvalue weighted by Crippen LogP contribution is 2.32. The molecule has 1 saturated heterocycles. The van der Waals surface area contributed by atoms with Gasteiger partial charge in [0.15, 0.2) is 24.6 Å². The second-order valence-electron chi connectivity index (χ2n) is 8.81. The fraction of sp³-hybridized carbons (Fsp3) is 0.267. The lowest BCUT2D eigenvalue weighted by Crippen LogP contribution is -3.00. The number of benzene rings is 2. The number of nitrogens with two attached hydrogens (primary N) is 1. The van der Waals surface area contributed by atoms with Crippen LogP contribution in [-0.2, 0) is 18.9 Å². The molecule has 1 aliphatic heterocycles. The van der Waals surface area contributed by atoms with Crippen LogP contribution in [0.5, 0.6) is 0 Å². The van der Waals surface area contributed by atoms with Gasteiger partial charge in [0.1, 0.15) is 18.3 Å². The fourth-order valence-electron chi connectivity index (χ4n) is 4.17. The largest absolute Gasteiger partial charge is 1.00 e. The van der Waals surface area contributed by atoms with E-state index in [1.54, 1.807) is 83.6 Å². The lowest BCUT2D eigenvalue weighted by Gasteiger charge is -2.23. The van der Waals surface area contributed by atoms with Crippen LogP contribution in [0.1, 0.15) is 50.1 Å². The van der Waals surface area contributed by atoms with Gasteiger partial charge in [-0.05, 0) is 36.8 Å². The number of aromatic nitrogens is 1. The van der Waals surface area contributed by atoms with Gasteiger partial charge in [0.2, 0.25) is 0 Å². The van der Waals surface area contributed by atoms with Crippen molar-refractivity contribution < 1.29 is 54.9 Å². The molecule has 0 saturated carbocycles. The molecule has 0 spiro atoms. The van der Waals surface area contributed by atoms with Gasteiger partial charge in [-0.15, -0.1) is 12.3 Å². The van der Waals surface area contributed by atoms with E-state index in [4.69, 9.17) is 31.1 Å². The Morgan fingerprint density at radius 1 is 0.900 bits per heavy atom. The second kappa shape index (κ2) is 14.9. The van der Waals surface area contributed by atoms with Crippen LogP contribution in [-0.4, -0.2) is 49.4 Å². The summed E-state index contributed by atoms with van der Waals surface area (Å²) in [7, 11) is 0. The van der Waals surface area contributed by atoms with Crippen molar-refractivity contribution in [2.45, 2.75) is 37.4 Å². The van der Waals surface area contributed by atoms with Gasteiger partial charge in [-0.1, -0.05) is 36.4 Å². The first kappa shape index (κ1) is 30.5. The van der Waals surface area contributed by atoms with Gasteiger partial charge in [0.05, 0.1) is 11.1 Å². The Bertz CT molecular complexity index is 1330. The Morgan fingerprint density at radius 2 is 1.52 bits per heavy atom. The number of esters is 2. The number of nitrogens with zero attached hydrogens (tertiary/aromatic N) is 1. The third-order valence-electron chi connectivity index (χ3n) is 6.10. The van der Waals surface area contributed by atoms with Crippen molar-refractivity contribution in [3.05, 3.63) is 102 Å². The smallest absolute Gasteiger partial charge is 0.338 e. The molecule has 2 N–H and O–H groups in total. The third kappa shape index (κ3) is 7.76. The van der Waals surface area contributed by atoms with Crippen molar-refractivity contribution in [1.82, 2.24) is 0 Å². The molecule has 1 amide bonds. The Morgan fingerprint density at radius 3 is 2.15 bits per heavy atom. The maximum absolute atomic E-state index is 13.1. The van der Waals surface area contributed by atoms with Gasteiger partial charge in [-0.25, -0.2) is 9.59 Å². The molecule has 40 heavy (non-hydrogen) atoms. The number of rotatable bonds is 11. The number of primary amides is 1. The molecule has 9 nitrogen and oxygen atoms in total. The summed E-state index contributed by atoms with van der Waals surface area (Å²) >= 11 is 0. The van der Waals surface area contributed by atoms with Crippen LogP contribution in [0, 0.1) is 12.3 Å². The zero-order valence-corrected chi connectivity index (χ0v) is 23.1. The van der Waals surface area contributed by atoms with Crippen LogP contribution in [0.25, 0.3) is 0 Å². The van der Waals surface area contributed by atoms with Crippen LogP contribution in [0.2, 0.25) is 0 Å². The molecule has 10 heteroatoms. The van der Waals surface area contributed by atoms with Gasteiger partial charge in [-0.2, -0.15) is 4.57 Å². The van der Waals surface area contributed by atoms with Crippen molar-refractivity contribution in [1.29, 1.82) is 0 Å². The summed E-state index contributed by atoms with van der Waals surface area (Å²) in [6.45, 7) is 0.0535. The number of halogens is 1. The molecule has 1 aromatic heterocycles. The topological polar surface area (TPSA) is 118 Å². The average Bonchev–Trinajstić information content (AvgIpc) is 3.31. The van der Waals surface area contributed by atoms with Gasteiger partial charge in [-0.3, -0.25) is 4.79 Å². The van der Waals surface area contributed by atoms with E-state index >= 15 is 0 Å². The Hall–Kier alpha value is -4.04. The number of amides is 1. The predicted octanol–water partition coefficient (Wildman–Crippen LogP) is -0.144. The quantitative estimate of drug-likeness (QED) is 0.139. The van der Waals surface area contributed by atoms with Crippen LogP contribution in [0.15, 0.2) is 85.2 Å². The number of carbonyl (C=O) groups is 3. The van der Waals surface area contributed by atoms with Gasteiger partial charge in [0.25, 0.3) is 12.1 Å². The highest BCUT2D eigenvalue weighted by atomic mass is 79.9. The van der Waals surface area contributed by atoms with E-state index < -0.39 is 42.4 Å². The summed E-state index contributed by atoms with van der Waals surface area (Å²) in [6, 6.07) is 20.2. The standard InChI is InChI=1S/C30H28N2O7.BrH/c1-2-3-10-18-36-26-25(39-30(35)22-14-8-5-9-15-22)24(20-37-29(34)21-12-6-4-7-13-21)38-28(26)32-17-11-16-23(19-32)27(31)33;/h1,4-9,11-17,19,24-26,28H,3,10,18,20H2,(H-,31,33);1H/t24-,25-,26-,28-;/m1./s1. The van der Waals surface area contributed by atoms with Gasteiger partial charge < -0.3 is 41.7 Å². The molecule has 0 radical (unpaired) electrons. The first-order chi connectivity index (χ1) is 19.0. The lowest BCUT2D eigenvalue weighted by atomic mass is 10.1. The van der Waals surface area contributed by atoms with Crippen molar-refractivity contribution in [3.63, 3.8) is 0 Å². The highest BCUT2D eigenvalue weighted by molar-refractivity contribution is 5.92. The Kier molecular flexibility index (Phi) is 11.4. The molecule has 0 aliphatic carbocycles. The zero-order valence-electron chi connectivity index (χ0n) is 21.6. The highest BCUT2D eigenvalue weighted by Gasteiger charge is 2.53. The molecule has 3 aromatic rings. The first-order valence-corrected chi connectivity index (χ1v) is 12.5. The van der Waals surface area contributed by atoms with Crippen molar-refractivity contribution >= 4 is 17.8 Å². The minimum absolute atomic E-state index is 0. The van der Waals surface area contributed by atoms with Gasteiger partial charge >= 0.3 is 11.9 Å². The summed E-state index contributed by atoms with van der Waals surface area (Å²) in [5.74, 6) is 0.815. The normalized spacial score (nSPS) is 19.6. The number of pyridine rings is 1. The second-order valence-corrected chi connectivity index (χ2v) is 8.81. The minimum atomic E-state index is -0.957. The van der Waals surface area contributed by atoms with E-state index in [1.807, 2.05) is 0 Å². The summed E-state index contributed by atoms with van der Waals surface area (Å²) < 4.78 is 25.5. The van der Waals surface area contributed by atoms with Crippen LogP contribution in [0.4, 0.5) is 0 Å². The van der Waals surface area contributed by atoms with Gasteiger partial charge in [0, 0.05) is 19.1 Å². The van der Waals surface area contributed by atoms with E-state index in [-0.39, 0.29) is 35.8 Å². The molecule has 2 heterocycles. The molecular weight excluding hydrogens is 580 g/mol. The molecular formula is C30H29BrN2O7. The summed E-state index contributed by atoms with van der Waals surface area (Å²) in [5, 5.41) is 0. The lowest BCUT2D eigenvalue weighted by molar-refractivity contribution is -0.766. The van der Waals surface area contributed by atoms with E-state index in [0.29, 0.717) is 24.0 Å². The average molecular weight is 609 g/mol. The molecule has 1 aliphatic rings. The zero-order chi connectivity index (χ0) is 27.6. The number of hydrogen-bond donors (Lipinski definition) is 1. The predicted molar refractivity (Wildman–Crippen MR) is 139 cm³/mol. The summed E-state index contributed by atoms with van der Waals surface area (Å²) in [6.07, 6.45) is 6.18. The summed E-state index contributed by atoms with van der Waals surface area (Å²) in [5.41, 5.74) is 6.45. The van der Waals surface area contributed by atoms with Crippen LogP contribution < -0.4 is 27.3 Å². The third-order valence-corrected chi connectivity index (χ3v) is 6.10. The fourth-order valence-corrected chi connectivity index (χ4v) is 4.17. The van der Waals surface area contributed by atoms with Crippen molar-refractivity contribution in [2.24, 2.45) is 5.73 Å². The number of terminal acetylenes is 1. The van der Waals surface area contributed by atoms with E-state index in [1.165, 1.54) is 6.20 Å². The van der Waals surface area contributed by atoms with Crippen LogP contribution in [0.3, 0.4) is 0 Å². The SMILES string of the molecule is C#CCCCO[C@@H]1[C@H](OC(=O)c2ccccc2)[C@@H](COC(=O)c2ccccc2)O[C@H]1[n+]1cccc(C(N)=O)c1.[Br-]. The van der Waals surface area contributed by atoms with Crippen LogP contribution >= 0.6 is 0 Å².